The molecule has 2 fully saturated rings. The summed E-state index contributed by atoms with van der Waals surface area (Å²) in [6.07, 6.45) is 4.23. The first kappa shape index (κ1) is 20.7. The number of aliphatic imine (C=N–C) groups is 1. The van der Waals surface area contributed by atoms with Crippen molar-refractivity contribution >= 4 is 11.8 Å². The molecule has 2 aliphatic rings. The van der Waals surface area contributed by atoms with E-state index in [1.54, 1.807) is 0 Å². The fourth-order valence-electron chi connectivity index (χ4n) is 4.34. The molecule has 30 heavy (non-hydrogen) atoms. The number of morpholine rings is 1. The first-order valence-corrected chi connectivity index (χ1v) is 11.2. The van der Waals surface area contributed by atoms with Crippen LogP contribution < -0.4 is 10.2 Å². The lowest BCUT2D eigenvalue weighted by atomic mass is 9.99. The van der Waals surface area contributed by atoms with Crippen molar-refractivity contribution in [3.8, 4) is 0 Å². The molecule has 2 aromatic rings. The van der Waals surface area contributed by atoms with Crippen LogP contribution in [-0.2, 0) is 17.7 Å². The minimum absolute atomic E-state index is 0.642. The fourth-order valence-corrected chi connectivity index (χ4v) is 4.34. The van der Waals surface area contributed by atoms with E-state index in [4.69, 9.17) is 9.73 Å². The van der Waals surface area contributed by atoms with Crippen LogP contribution in [0.3, 0.4) is 0 Å². The largest absolute Gasteiger partial charge is 0.378 e. The zero-order valence-corrected chi connectivity index (χ0v) is 18.0. The molecule has 0 spiro atoms. The van der Waals surface area contributed by atoms with Gasteiger partial charge in [0, 0.05) is 44.5 Å². The molecule has 1 N–H and O–H groups in total. The van der Waals surface area contributed by atoms with E-state index in [2.05, 4.69) is 63.4 Å². The van der Waals surface area contributed by atoms with E-state index in [0.29, 0.717) is 12.5 Å². The molecule has 1 atom stereocenters. The minimum atomic E-state index is 0.642. The molecule has 1 unspecified atom stereocenters. The van der Waals surface area contributed by atoms with Crippen molar-refractivity contribution in [3.63, 3.8) is 0 Å². The van der Waals surface area contributed by atoms with Gasteiger partial charge in [0.15, 0.2) is 5.96 Å². The van der Waals surface area contributed by atoms with Crippen LogP contribution in [0, 0.1) is 5.92 Å². The number of benzene rings is 1. The Bertz CT molecular complexity index is 819. The Balaban J connectivity index is 1.42. The number of nitrogens with one attached hydrogen (secondary N) is 1. The summed E-state index contributed by atoms with van der Waals surface area (Å²) in [5.74, 6) is 2.74. The molecule has 0 saturated carbocycles. The maximum Gasteiger partial charge on any atom is 0.194 e. The van der Waals surface area contributed by atoms with Crippen molar-refractivity contribution in [1.29, 1.82) is 0 Å². The van der Waals surface area contributed by atoms with Crippen LogP contribution in [0.2, 0.25) is 0 Å². The number of anilines is 1. The predicted molar refractivity (Wildman–Crippen MR) is 122 cm³/mol. The number of rotatable bonds is 6. The molecule has 1 aromatic carbocycles. The van der Waals surface area contributed by atoms with E-state index in [-0.39, 0.29) is 0 Å². The summed E-state index contributed by atoms with van der Waals surface area (Å²) in [6.45, 7) is 9.08. The van der Waals surface area contributed by atoms with Gasteiger partial charge in [-0.1, -0.05) is 36.4 Å². The maximum atomic E-state index is 5.50. The molecule has 4 rings (SSSR count). The summed E-state index contributed by atoms with van der Waals surface area (Å²) in [7, 11) is 0. The van der Waals surface area contributed by atoms with Gasteiger partial charge in [-0.3, -0.25) is 0 Å². The van der Waals surface area contributed by atoms with Crippen LogP contribution in [0.5, 0.6) is 0 Å². The highest BCUT2D eigenvalue weighted by Gasteiger charge is 2.25. The van der Waals surface area contributed by atoms with E-state index in [1.165, 1.54) is 17.5 Å². The topological polar surface area (TPSA) is 53.0 Å². The molecule has 1 aromatic heterocycles. The number of likely N-dealkylation sites (tertiary alicyclic amines) is 1. The van der Waals surface area contributed by atoms with E-state index < -0.39 is 0 Å². The summed E-state index contributed by atoms with van der Waals surface area (Å²) in [5, 5.41) is 3.50. The highest BCUT2D eigenvalue weighted by Crippen LogP contribution is 2.22. The van der Waals surface area contributed by atoms with Crippen LogP contribution in [0.1, 0.15) is 24.5 Å². The molecule has 2 aliphatic heterocycles. The van der Waals surface area contributed by atoms with Crippen molar-refractivity contribution in [2.24, 2.45) is 10.9 Å². The first-order valence-electron chi connectivity index (χ1n) is 11.2. The molecule has 0 radical (unpaired) electrons. The van der Waals surface area contributed by atoms with Crippen molar-refractivity contribution in [1.82, 2.24) is 15.2 Å². The normalized spacial score (nSPS) is 19.9. The zero-order chi connectivity index (χ0) is 20.6. The Labute approximate surface area is 180 Å². The molecule has 2 saturated heterocycles. The summed E-state index contributed by atoms with van der Waals surface area (Å²) in [4.78, 5) is 14.4. The second-order valence-electron chi connectivity index (χ2n) is 8.05. The molecule has 6 heteroatoms. The standard InChI is InChI=1S/C24H33N5O/c1-2-25-24(29-12-10-21(19-29)17-20-7-4-3-5-8-20)27-18-22-9-6-11-26-23(22)28-13-15-30-16-14-28/h3-9,11,21H,2,10,12-19H2,1H3,(H,25,27). The highest BCUT2D eigenvalue weighted by atomic mass is 16.5. The average molecular weight is 408 g/mol. The van der Waals surface area contributed by atoms with Gasteiger partial charge in [-0.05, 0) is 37.3 Å². The lowest BCUT2D eigenvalue weighted by Gasteiger charge is -2.29. The number of hydrogen-bond donors (Lipinski definition) is 1. The molecule has 160 valence electrons. The second-order valence-corrected chi connectivity index (χ2v) is 8.05. The van der Waals surface area contributed by atoms with Crippen LogP contribution >= 0.6 is 0 Å². The van der Waals surface area contributed by atoms with Gasteiger partial charge in [0.2, 0.25) is 0 Å². The summed E-state index contributed by atoms with van der Waals surface area (Å²) in [5.41, 5.74) is 2.60. The van der Waals surface area contributed by atoms with Crippen LogP contribution in [-0.4, -0.2) is 61.8 Å². The summed E-state index contributed by atoms with van der Waals surface area (Å²) in [6, 6.07) is 15.0. The first-order chi connectivity index (χ1) is 14.8. The van der Waals surface area contributed by atoms with Crippen molar-refractivity contribution < 1.29 is 4.74 Å². The molecule has 6 nitrogen and oxygen atoms in total. The number of pyridine rings is 1. The summed E-state index contributed by atoms with van der Waals surface area (Å²) >= 11 is 0. The summed E-state index contributed by atoms with van der Waals surface area (Å²) < 4.78 is 5.50. The smallest absolute Gasteiger partial charge is 0.194 e. The Hall–Kier alpha value is -2.60. The van der Waals surface area contributed by atoms with Crippen molar-refractivity contribution in [2.45, 2.75) is 26.3 Å². The third kappa shape index (κ3) is 5.30. The van der Waals surface area contributed by atoms with Crippen molar-refractivity contribution in [2.75, 3.05) is 50.8 Å². The van der Waals surface area contributed by atoms with Crippen molar-refractivity contribution in [3.05, 3.63) is 59.8 Å². The highest BCUT2D eigenvalue weighted by molar-refractivity contribution is 5.80. The zero-order valence-electron chi connectivity index (χ0n) is 18.0. The van der Waals surface area contributed by atoms with Crippen LogP contribution in [0.4, 0.5) is 5.82 Å². The van der Waals surface area contributed by atoms with E-state index in [0.717, 1.165) is 64.1 Å². The number of guanidine groups is 1. The van der Waals surface area contributed by atoms with Gasteiger partial charge >= 0.3 is 0 Å². The monoisotopic (exact) mass is 407 g/mol. The van der Waals surface area contributed by atoms with Crippen LogP contribution in [0.15, 0.2) is 53.7 Å². The molecular formula is C24H33N5O. The molecule has 3 heterocycles. The molecular weight excluding hydrogens is 374 g/mol. The molecule has 0 bridgehead atoms. The average Bonchev–Trinajstić information content (AvgIpc) is 3.26. The van der Waals surface area contributed by atoms with E-state index in [1.807, 2.05) is 12.3 Å². The van der Waals surface area contributed by atoms with Gasteiger partial charge in [-0.25, -0.2) is 9.98 Å². The Morgan fingerprint density at radius 3 is 2.77 bits per heavy atom. The number of aromatic nitrogens is 1. The molecule has 0 amide bonds. The fraction of sp³-hybridized carbons (Fsp3) is 0.500. The lowest BCUT2D eigenvalue weighted by Crippen LogP contribution is -2.40. The van der Waals surface area contributed by atoms with E-state index in [9.17, 15) is 0 Å². The van der Waals surface area contributed by atoms with E-state index >= 15 is 0 Å². The van der Waals surface area contributed by atoms with Gasteiger partial charge in [-0.2, -0.15) is 0 Å². The van der Waals surface area contributed by atoms with Gasteiger partial charge in [-0.15, -0.1) is 0 Å². The van der Waals surface area contributed by atoms with Crippen LogP contribution in [0.25, 0.3) is 0 Å². The predicted octanol–water partition coefficient (Wildman–Crippen LogP) is 2.95. The minimum Gasteiger partial charge on any atom is -0.378 e. The number of hydrogen-bond acceptors (Lipinski definition) is 4. The lowest BCUT2D eigenvalue weighted by molar-refractivity contribution is 0.122. The van der Waals surface area contributed by atoms with Gasteiger partial charge in [0.05, 0.1) is 19.8 Å². The Morgan fingerprint density at radius 2 is 1.97 bits per heavy atom. The quantitative estimate of drug-likeness (QED) is 0.589. The SMILES string of the molecule is CCNC(=NCc1cccnc1N1CCOCC1)N1CCC(Cc2ccccc2)C1. The van der Waals surface area contributed by atoms with Gasteiger partial charge < -0.3 is 19.9 Å². The maximum absolute atomic E-state index is 5.50. The third-order valence-corrected chi connectivity index (χ3v) is 5.86. The Morgan fingerprint density at radius 1 is 1.13 bits per heavy atom. The third-order valence-electron chi connectivity index (χ3n) is 5.86. The number of ether oxygens (including phenoxy) is 1. The number of nitrogens with zero attached hydrogens (tertiary/aromatic N) is 4. The molecule has 0 aliphatic carbocycles. The van der Waals surface area contributed by atoms with Gasteiger partial charge in [0.1, 0.15) is 5.82 Å². The Kier molecular flexibility index (Phi) is 7.19. The second kappa shape index (κ2) is 10.4. The van der Waals surface area contributed by atoms with Gasteiger partial charge in [0.25, 0.3) is 0 Å².